The van der Waals surface area contributed by atoms with E-state index < -0.39 is 6.10 Å². The minimum Gasteiger partial charge on any atom is -0.380 e. The van der Waals surface area contributed by atoms with Gasteiger partial charge in [-0.2, -0.15) is 0 Å². The molecule has 1 rings (SSSR count). The number of halogens is 1. The molecule has 0 saturated heterocycles. The molecule has 0 heterocycles. The topological polar surface area (TPSA) is 20.2 Å². The fraction of sp³-hybridized carbons (Fsp3) is 0.467. The molecule has 1 aromatic carbocycles. The van der Waals surface area contributed by atoms with E-state index in [-0.39, 0.29) is 5.82 Å². The van der Waals surface area contributed by atoms with Gasteiger partial charge in [0, 0.05) is 5.56 Å². The second-order valence-corrected chi connectivity index (χ2v) is 4.24. The van der Waals surface area contributed by atoms with E-state index in [1.54, 1.807) is 19.1 Å². The molecule has 0 saturated carbocycles. The Morgan fingerprint density at radius 2 is 2.12 bits per heavy atom. The van der Waals surface area contributed by atoms with E-state index in [1.807, 2.05) is 0 Å². The summed E-state index contributed by atoms with van der Waals surface area (Å²) in [5.41, 5.74) is 1.33. The van der Waals surface area contributed by atoms with Gasteiger partial charge in [0.1, 0.15) is 11.9 Å². The van der Waals surface area contributed by atoms with Crippen LogP contribution in [0.2, 0.25) is 0 Å². The Morgan fingerprint density at radius 3 is 2.76 bits per heavy atom. The van der Waals surface area contributed by atoms with Gasteiger partial charge in [0.2, 0.25) is 0 Å². The lowest BCUT2D eigenvalue weighted by molar-refractivity contribution is 0.217. The minimum absolute atomic E-state index is 0.223. The molecule has 1 atom stereocenters. The fourth-order valence-electron chi connectivity index (χ4n) is 1.55. The van der Waals surface area contributed by atoms with E-state index in [0.29, 0.717) is 12.0 Å². The van der Waals surface area contributed by atoms with E-state index >= 15 is 0 Å². The van der Waals surface area contributed by atoms with Crippen molar-refractivity contribution in [3.05, 3.63) is 35.1 Å². The lowest BCUT2D eigenvalue weighted by Crippen LogP contribution is -2.02. The van der Waals surface area contributed by atoms with Crippen LogP contribution < -0.4 is 0 Å². The first-order valence-corrected chi connectivity index (χ1v) is 6.09. The number of unbranched alkanes of at least 4 members (excludes halogenated alkanes) is 2. The molecule has 1 aromatic rings. The molecule has 0 aliphatic heterocycles. The summed E-state index contributed by atoms with van der Waals surface area (Å²) in [5.74, 6) is 5.44. The van der Waals surface area contributed by atoms with Gasteiger partial charge in [-0.1, -0.05) is 31.6 Å². The molecule has 0 fully saturated rings. The van der Waals surface area contributed by atoms with Crippen molar-refractivity contribution < 1.29 is 9.50 Å². The molecular formula is C15H19FO. The second kappa shape index (κ2) is 7.09. The average Bonchev–Trinajstić information content (AvgIpc) is 2.31. The number of hydrogen-bond donors (Lipinski definition) is 1. The molecule has 1 unspecified atom stereocenters. The lowest BCUT2D eigenvalue weighted by Gasteiger charge is -2.01. The maximum atomic E-state index is 13.0. The lowest BCUT2D eigenvalue weighted by atomic mass is 10.1. The summed E-state index contributed by atoms with van der Waals surface area (Å²) in [6.07, 6.45) is 3.38. The number of benzene rings is 1. The molecular weight excluding hydrogens is 215 g/mol. The summed E-state index contributed by atoms with van der Waals surface area (Å²) < 4.78 is 13.0. The molecule has 92 valence electrons. The largest absolute Gasteiger partial charge is 0.380 e. The average molecular weight is 234 g/mol. The SMILES string of the molecule is CCCCCC(O)C#Cc1ccc(F)c(C)c1. The predicted octanol–water partition coefficient (Wildman–Crippen LogP) is 3.43. The Morgan fingerprint density at radius 1 is 1.35 bits per heavy atom. The Hall–Kier alpha value is -1.33. The van der Waals surface area contributed by atoms with Crippen molar-refractivity contribution in [2.45, 2.75) is 45.6 Å². The van der Waals surface area contributed by atoms with Crippen LogP contribution in [0.1, 0.15) is 43.7 Å². The quantitative estimate of drug-likeness (QED) is 0.625. The molecule has 1 N–H and O–H groups in total. The van der Waals surface area contributed by atoms with Gasteiger partial charge >= 0.3 is 0 Å². The number of rotatable bonds is 4. The van der Waals surface area contributed by atoms with Crippen molar-refractivity contribution in [1.82, 2.24) is 0 Å². The maximum Gasteiger partial charge on any atom is 0.126 e. The molecule has 0 aliphatic rings. The fourth-order valence-corrected chi connectivity index (χ4v) is 1.55. The summed E-state index contributed by atoms with van der Waals surface area (Å²) >= 11 is 0. The highest BCUT2D eigenvalue weighted by molar-refractivity contribution is 5.37. The summed E-state index contributed by atoms with van der Waals surface area (Å²) in [6.45, 7) is 3.83. The first kappa shape index (κ1) is 13.7. The summed E-state index contributed by atoms with van der Waals surface area (Å²) in [7, 11) is 0. The van der Waals surface area contributed by atoms with Gasteiger partial charge in [-0.05, 0) is 43.5 Å². The summed E-state index contributed by atoms with van der Waals surface area (Å²) in [5, 5.41) is 9.61. The predicted molar refractivity (Wildman–Crippen MR) is 68.2 cm³/mol. The van der Waals surface area contributed by atoms with Crippen LogP contribution in [0.25, 0.3) is 0 Å². The first-order chi connectivity index (χ1) is 8.13. The molecule has 17 heavy (non-hydrogen) atoms. The zero-order valence-corrected chi connectivity index (χ0v) is 10.5. The number of hydrogen-bond acceptors (Lipinski definition) is 1. The Balaban J connectivity index is 2.55. The van der Waals surface area contributed by atoms with Crippen molar-refractivity contribution in [3.8, 4) is 11.8 Å². The first-order valence-electron chi connectivity index (χ1n) is 6.09. The van der Waals surface area contributed by atoms with Crippen LogP contribution in [0.15, 0.2) is 18.2 Å². The highest BCUT2D eigenvalue weighted by Crippen LogP contribution is 2.08. The maximum absolute atomic E-state index is 13.0. The normalized spacial score (nSPS) is 11.8. The third-order valence-electron chi connectivity index (χ3n) is 2.62. The van der Waals surface area contributed by atoms with Gasteiger partial charge in [-0.15, -0.1) is 0 Å². The van der Waals surface area contributed by atoms with Crippen LogP contribution in [-0.2, 0) is 0 Å². The third kappa shape index (κ3) is 5.01. The van der Waals surface area contributed by atoms with Gasteiger partial charge < -0.3 is 5.11 Å². The zero-order chi connectivity index (χ0) is 12.7. The van der Waals surface area contributed by atoms with Crippen molar-refractivity contribution >= 4 is 0 Å². The summed E-state index contributed by atoms with van der Waals surface area (Å²) in [4.78, 5) is 0. The van der Waals surface area contributed by atoms with Crippen molar-refractivity contribution in [1.29, 1.82) is 0 Å². The molecule has 0 amide bonds. The summed E-state index contributed by atoms with van der Waals surface area (Å²) in [6, 6.07) is 4.73. The molecule has 0 bridgehead atoms. The number of aryl methyl sites for hydroxylation is 1. The van der Waals surface area contributed by atoms with E-state index in [2.05, 4.69) is 18.8 Å². The number of aliphatic hydroxyl groups excluding tert-OH is 1. The van der Waals surface area contributed by atoms with Crippen LogP contribution in [0, 0.1) is 24.6 Å². The molecule has 0 aromatic heterocycles. The van der Waals surface area contributed by atoms with Gasteiger partial charge in [-0.25, -0.2) is 4.39 Å². The van der Waals surface area contributed by atoms with E-state index in [9.17, 15) is 9.50 Å². The van der Waals surface area contributed by atoms with Crippen molar-refractivity contribution in [3.63, 3.8) is 0 Å². The van der Waals surface area contributed by atoms with Gasteiger partial charge in [0.15, 0.2) is 0 Å². The van der Waals surface area contributed by atoms with E-state index in [4.69, 9.17) is 0 Å². The van der Waals surface area contributed by atoms with Gasteiger partial charge in [0.05, 0.1) is 0 Å². The van der Waals surface area contributed by atoms with Crippen LogP contribution >= 0.6 is 0 Å². The van der Waals surface area contributed by atoms with Crippen molar-refractivity contribution in [2.24, 2.45) is 0 Å². The van der Waals surface area contributed by atoms with Gasteiger partial charge in [-0.3, -0.25) is 0 Å². The monoisotopic (exact) mass is 234 g/mol. The van der Waals surface area contributed by atoms with Crippen LogP contribution in [0.3, 0.4) is 0 Å². The Labute approximate surface area is 103 Å². The van der Waals surface area contributed by atoms with E-state index in [1.165, 1.54) is 6.07 Å². The standard InChI is InChI=1S/C15H19FO/c1-3-4-5-6-14(17)9-7-13-8-10-15(16)12(2)11-13/h8,10-11,14,17H,3-6H2,1-2H3. The minimum atomic E-state index is -0.577. The zero-order valence-electron chi connectivity index (χ0n) is 10.5. The highest BCUT2D eigenvalue weighted by Gasteiger charge is 1.99. The Kier molecular flexibility index (Phi) is 5.72. The molecule has 2 heteroatoms. The van der Waals surface area contributed by atoms with Crippen LogP contribution in [-0.4, -0.2) is 11.2 Å². The molecule has 0 radical (unpaired) electrons. The molecule has 1 nitrogen and oxygen atoms in total. The van der Waals surface area contributed by atoms with Crippen LogP contribution in [0.5, 0.6) is 0 Å². The smallest absolute Gasteiger partial charge is 0.126 e. The van der Waals surface area contributed by atoms with Gasteiger partial charge in [0.25, 0.3) is 0 Å². The van der Waals surface area contributed by atoms with E-state index in [0.717, 1.165) is 24.8 Å². The Bertz CT molecular complexity index is 415. The number of aliphatic hydroxyl groups is 1. The highest BCUT2D eigenvalue weighted by atomic mass is 19.1. The second-order valence-electron chi connectivity index (χ2n) is 4.24. The van der Waals surface area contributed by atoms with Crippen molar-refractivity contribution in [2.75, 3.05) is 0 Å². The third-order valence-corrected chi connectivity index (χ3v) is 2.62. The van der Waals surface area contributed by atoms with Crippen LogP contribution in [0.4, 0.5) is 4.39 Å². The molecule has 0 spiro atoms. The molecule has 0 aliphatic carbocycles.